The van der Waals surface area contributed by atoms with Crippen molar-refractivity contribution in [3.8, 4) is 11.4 Å². The van der Waals surface area contributed by atoms with E-state index in [0.717, 1.165) is 42.1 Å². The van der Waals surface area contributed by atoms with Crippen molar-refractivity contribution in [3.63, 3.8) is 0 Å². The van der Waals surface area contributed by atoms with Crippen molar-refractivity contribution in [2.45, 2.75) is 20.0 Å². The molecule has 0 atom stereocenters. The van der Waals surface area contributed by atoms with E-state index in [2.05, 4.69) is 46.7 Å². The van der Waals surface area contributed by atoms with Gasteiger partial charge in [0.05, 0.1) is 17.6 Å². The van der Waals surface area contributed by atoms with Crippen LogP contribution < -0.4 is 5.73 Å². The van der Waals surface area contributed by atoms with Gasteiger partial charge in [-0.25, -0.2) is 4.98 Å². The lowest BCUT2D eigenvalue weighted by Gasteiger charge is -2.19. The standard InChI is InChI=1S/C20H26N4O/c1-2-23(13-14-25)15-16-7-9-17(10-8-16)20-22-18-5-3-4-6-19(18)24(20)12-11-21/h3-10,25H,2,11-15,21H2,1H3. The van der Waals surface area contributed by atoms with Crippen LogP contribution in [0.15, 0.2) is 48.5 Å². The first-order valence-corrected chi connectivity index (χ1v) is 8.84. The first-order valence-electron chi connectivity index (χ1n) is 8.84. The van der Waals surface area contributed by atoms with Crippen LogP contribution in [0.1, 0.15) is 12.5 Å². The maximum Gasteiger partial charge on any atom is 0.141 e. The molecule has 0 radical (unpaired) electrons. The molecule has 0 amide bonds. The zero-order valence-corrected chi connectivity index (χ0v) is 14.7. The minimum atomic E-state index is 0.190. The van der Waals surface area contributed by atoms with Crippen LogP contribution >= 0.6 is 0 Å². The van der Waals surface area contributed by atoms with Crippen molar-refractivity contribution in [2.75, 3.05) is 26.2 Å². The summed E-state index contributed by atoms with van der Waals surface area (Å²) in [6, 6.07) is 16.7. The van der Waals surface area contributed by atoms with Gasteiger partial charge in [-0.3, -0.25) is 4.90 Å². The van der Waals surface area contributed by atoms with Gasteiger partial charge < -0.3 is 15.4 Å². The third-order valence-electron chi connectivity index (χ3n) is 4.49. The summed E-state index contributed by atoms with van der Waals surface area (Å²) in [5.74, 6) is 0.959. The minimum Gasteiger partial charge on any atom is -0.395 e. The van der Waals surface area contributed by atoms with Crippen LogP contribution in [0.5, 0.6) is 0 Å². The molecule has 132 valence electrons. The van der Waals surface area contributed by atoms with E-state index in [1.54, 1.807) is 0 Å². The Morgan fingerprint density at radius 2 is 1.88 bits per heavy atom. The highest BCUT2D eigenvalue weighted by Crippen LogP contribution is 2.25. The predicted molar refractivity (Wildman–Crippen MR) is 102 cm³/mol. The summed E-state index contributed by atoms with van der Waals surface area (Å²) in [7, 11) is 0. The molecule has 1 heterocycles. The lowest BCUT2D eigenvalue weighted by Crippen LogP contribution is -2.26. The fourth-order valence-electron chi connectivity index (χ4n) is 3.16. The SMILES string of the molecule is CCN(CCO)Cc1ccc(-c2nc3ccccc3n2CCN)cc1. The molecule has 1 aromatic heterocycles. The normalized spacial score (nSPS) is 11.5. The second kappa shape index (κ2) is 8.25. The fraction of sp³-hybridized carbons (Fsp3) is 0.350. The Kier molecular flexibility index (Phi) is 5.81. The van der Waals surface area contributed by atoms with Gasteiger partial charge in [0.1, 0.15) is 5.82 Å². The van der Waals surface area contributed by atoms with E-state index in [-0.39, 0.29) is 6.61 Å². The van der Waals surface area contributed by atoms with Crippen LogP contribution in [0, 0.1) is 0 Å². The Morgan fingerprint density at radius 1 is 1.12 bits per heavy atom. The summed E-state index contributed by atoms with van der Waals surface area (Å²) in [4.78, 5) is 7.02. The molecule has 3 aromatic rings. The summed E-state index contributed by atoms with van der Waals surface area (Å²) in [5.41, 5.74) is 10.3. The smallest absolute Gasteiger partial charge is 0.141 e. The molecule has 5 nitrogen and oxygen atoms in total. The molecule has 3 rings (SSSR count). The van der Waals surface area contributed by atoms with E-state index < -0.39 is 0 Å². The van der Waals surface area contributed by atoms with E-state index in [4.69, 9.17) is 15.8 Å². The molecule has 2 aromatic carbocycles. The Labute approximate surface area is 148 Å². The number of imidazole rings is 1. The number of hydrogen-bond acceptors (Lipinski definition) is 4. The number of hydrogen-bond donors (Lipinski definition) is 2. The zero-order valence-electron chi connectivity index (χ0n) is 14.7. The number of benzene rings is 2. The highest BCUT2D eigenvalue weighted by Gasteiger charge is 2.12. The molecule has 0 aliphatic rings. The number of fused-ring (bicyclic) bond motifs is 1. The average molecular weight is 338 g/mol. The summed E-state index contributed by atoms with van der Waals surface area (Å²) in [6.45, 7) is 6.10. The van der Waals surface area contributed by atoms with E-state index in [1.165, 1.54) is 5.56 Å². The molecule has 0 fully saturated rings. The van der Waals surface area contributed by atoms with Gasteiger partial charge in [-0.2, -0.15) is 0 Å². The number of para-hydroxylation sites is 2. The van der Waals surface area contributed by atoms with Gasteiger partial charge in [0.2, 0.25) is 0 Å². The molecule has 0 aliphatic carbocycles. The van der Waals surface area contributed by atoms with Gasteiger partial charge in [0, 0.05) is 31.7 Å². The molecule has 0 unspecified atom stereocenters. The summed E-state index contributed by atoms with van der Waals surface area (Å²) >= 11 is 0. The van der Waals surface area contributed by atoms with Gasteiger partial charge in [0.25, 0.3) is 0 Å². The van der Waals surface area contributed by atoms with Gasteiger partial charge in [-0.15, -0.1) is 0 Å². The Balaban J connectivity index is 1.89. The van der Waals surface area contributed by atoms with Crippen molar-refractivity contribution < 1.29 is 5.11 Å². The zero-order chi connectivity index (χ0) is 17.6. The minimum absolute atomic E-state index is 0.190. The molecule has 5 heteroatoms. The number of nitrogens with zero attached hydrogens (tertiary/aromatic N) is 3. The van der Waals surface area contributed by atoms with Crippen molar-refractivity contribution in [1.82, 2.24) is 14.5 Å². The molecule has 0 bridgehead atoms. The molecule has 0 saturated carbocycles. The van der Waals surface area contributed by atoms with Gasteiger partial charge in [0.15, 0.2) is 0 Å². The highest BCUT2D eigenvalue weighted by atomic mass is 16.3. The number of aliphatic hydroxyl groups excluding tert-OH is 1. The highest BCUT2D eigenvalue weighted by molar-refractivity contribution is 5.80. The van der Waals surface area contributed by atoms with Gasteiger partial charge in [-0.1, -0.05) is 43.3 Å². The van der Waals surface area contributed by atoms with Crippen LogP contribution in [0.4, 0.5) is 0 Å². The van der Waals surface area contributed by atoms with Crippen LogP contribution in [-0.4, -0.2) is 45.8 Å². The second-order valence-electron chi connectivity index (χ2n) is 6.15. The van der Waals surface area contributed by atoms with Crippen LogP contribution in [0.25, 0.3) is 22.4 Å². The van der Waals surface area contributed by atoms with Crippen molar-refractivity contribution in [2.24, 2.45) is 5.73 Å². The first kappa shape index (κ1) is 17.6. The molecule has 0 spiro atoms. The molecular formula is C20H26N4O. The lowest BCUT2D eigenvalue weighted by atomic mass is 10.1. The molecule has 0 aliphatic heterocycles. The van der Waals surface area contributed by atoms with E-state index in [9.17, 15) is 0 Å². The third-order valence-corrected chi connectivity index (χ3v) is 4.49. The van der Waals surface area contributed by atoms with E-state index in [1.807, 2.05) is 18.2 Å². The number of likely N-dealkylation sites (N-methyl/N-ethyl adjacent to an activating group) is 1. The van der Waals surface area contributed by atoms with Crippen LogP contribution in [-0.2, 0) is 13.1 Å². The van der Waals surface area contributed by atoms with E-state index in [0.29, 0.717) is 13.1 Å². The Hall–Kier alpha value is -2.21. The monoisotopic (exact) mass is 338 g/mol. The van der Waals surface area contributed by atoms with Gasteiger partial charge in [-0.05, 0) is 24.2 Å². The largest absolute Gasteiger partial charge is 0.395 e. The Bertz CT molecular complexity index is 810. The molecule has 0 saturated heterocycles. The molecule has 3 N–H and O–H groups in total. The third kappa shape index (κ3) is 3.90. The van der Waals surface area contributed by atoms with Crippen molar-refractivity contribution in [3.05, 3.63) is 54.1 Å². The average Bonchev–Trinajstić information content (AvgIpc) is 3.01. The van der Waals surface area contributed by atoms with Crippen molar-refractivity contribution in [1.29, 1.82) is 0 Å². The van der Waals surface area contributed by atoms with Gasteiger partial charge >= 0.3 is 0 Å². The molecule has 25 heavy (non-hydrogen) atoms. The summed E-state index contributed by atoms with van der Waals surface area (Å²) < 4.78 is 2.19. The van der Waals surface area contributed by atoms with E-state index >= 15 is 0 Å². The van der Waals surface area contributed by atoms with Crippen LogP contribution in [0.3, 0.4) is 0 Å². The number of aliphatic hydroxyl groups is 1. The first-order chi connectivity index (χ1) is 12.3. The fourth-order valence-corrected chi connectivity index (χ4v) is 3.16. The maximum absolute atomic E-state index is 9.13. The Morgan fingerprint density at radius 3 is 2.56 bits per heavy atom. The van der Waals surface area contributed by atoms with Crippen molar-refractivity contribution >= 4 is 11.0 Å². The quantitative estimate of drug-likeness (QED) is 0.662. The molecular weight excluding hydrogens is 312 g/mol. The lowest BCUT2D eigenvalue weighted by molar-refractivity contribution is 0.197. The number of rotatable bonds is 8. The number of aromatic nitrogens is 2. The number of nitrogens with two attached hydrogens (primary N) is 1. The summed E-state index contributed by atoms with van der Waals surface area (Å²) in [5, 5.41) is 9.13. The topological polar surface area (TPSA) is 67.3 Å². The van der Waals surface area contributed by atoms with Crippen LogP contribution in [0.2, 0.25) is 0 Å². The maximum atomic E-state index is 9.13. The predicted octanol–water partition coefficient (Wildman–Crippen LogP) is 2.48. The second-order valence-corrected chi connectivity index (χ2v) is 6.15. The summed E-state index contributed by atoms with van der Waals surface area (Å²) in [6.07, 6.45) is 0.